The van der Waals surface area contributed by atoms with Crippen LogP contribution in [0.3, 0.4) is 0 Å². The lowest BCUT2D eigenvalue weighted by Crippen LogP contribution is -2.10. The number of hydrogen-bond donors (Lipinski definition) is 1. The van der Waals surface area contributed by atoms with Gasteiger partial charge in [0.1, 0.15) is 5.56 Å². The van der Waals surface area contributed by atoms with Crippen molar-refractivity contribution in [3.05, 3.63) is 28.8 Å². The first kappa shape index (κ1) is 10.3. The molecule has 15 heavy (non-hydrogen) atoms. The zero-order chi connectivity index (χ0) is 10.8. The molecule has 4 heteroatoms. The second kappa shape index (κ2) is 4.11. The van der Waals surface area contributed by atoms with Gasteiger partial charge in [-0.3, -0.25) is 0 Å². The van der Waals surface area contributed by atoms with Gasteiger partial charge in [0.25, 0.3) is 0 Å². The zero-order valence-corrected chi connectivity index (χ0v) is 8.96. The van der Waals surface area contributed by atoms with Gasteiger partial charge in [0.2, 0.25) is 0 Å². The smallest absolute Gasteiger partial charge is 0.341 e. The average molecular weight is 226 g/mol. The van der Waals surface area contributed by atoms with Gasteiger partial charge in [0.05, 0.1) is 11.6 Å². The molecule has 0 heterocycles. The van der Waals surface area contributed by atoms with E-state index in [1.54, 1.807) is 18.2 Å². The highest BCUT2D eigenvalue weighted by atomic mass is 35.5. The van der Waals surface area contributed by atoms with Crippen LogP contribution in [0.25, 0.3) is 0 Å². The Labute approximate surface area is 93.2 Å². The van der Waals surface area contributed by atoms with Gasteiger partial charge in [-0.05, 0) is 30.9 Å². The molecule has 80 valence electrons. The van der Waals surface area contributed by atoms with Crippen LogP contribution in [0.4, 0.5) is 5.69 Å². The molecule has 1 aromatic rings. The molecule has 0 spiro atoms. The minimum Gasteiger partial charge on any atom is -0.462 e. The van der Waals surface area contributed by atoms with E-state index in [-0.39, 0.29) is 5.56 Å². The van der Waals surface area contributed by atoms with Crippen LogP contribution in [0.5, 0.6) is 0 Å². The summed E-state index contributed by atoms with van der Waals surface area (Å²) >= 11 is 5.87. The Morgan fingerprint density at radius 2 is 2.27 bits per heavy atom. The van der Waals surface area contributed by atoms with E-state index in [1.807, 2.05) is 0 Å². The number of rotatable bonds is 3. The molecule has 0 amide bonds. The van der Waals surface area contributed by atoms with Crippen molar-refractivity contribution >= 4 is 23.3 Å². The SMILES string of the molecule is Nc1cccc(Cl)c1C(=O)OCC1CC1. The van der Waals surface area contributed by atoms with Gasteiger partial charge >= 0.3 is 5.97 Å². The second-order valence-electron chi connectivity index (χ2n) is 3.75. The predicted octanol–water partition coefficient (Wildman–Crippen LogP) is 2.49. The van der Waals surface area contributed by atoms with Crippen LogP contribution in [0.1, 0.15) is 23.2 Å². The Morgan fingerprint density at radius 1 is 1.53 bits per heavy atom. The number of hydrogen-bond acceptors (Lipinski definition) is 3. The number of carbonyl (C=O) groups excluding carboxylic acids is 1. The summed E-state index contributed by atoms with van der Waals surface area (Å²) in [6, 6.07) is 4.97. The minimum absolute atomic E-state index is 0.278. The van der Waals surface area contributed by atoms with Gasteiger partial charge in [-0.2, -0.15) is 0 Å². The minimum atomic E-state index is -0.426. The Bertz CT molecular complexity index is 368. The fourth-order valence-corrected chi connectivity index (χ4v) is 1.57. The van der Waals surface area contributed by atoms with E-state index in [0.29, 0.717) is 23.2 Å². The first-order valence-electron chi connectivity index (χ1n) is 4.89. The monoisotopic (exact) mass is 225 g/mol. The number of anilines is 1. The highest BCUT2D eigenvalue weighted by Crippen LogP contribution is 2.30. The number of nitrogens with two attached hydrogens (primary N) is 1. The Kier molecular flexibility index (Phi) is 2.82. The van der Waals surface area contributed by atoms with Gasteiger partial charge in [-0.1, -0.05) is 17.7 Å². The number of ether oxygens (including phenoxy) is 1. The highest BCUT2D eigenvalue weighted by Gasteiger charge is 2.24. The number of esters is 1. The molecule has 1 aliphatic carbocycles. The molecule has 1 aromatic carbocycles. The zero-order valence-electron chi connectivity index (χ0n) is 8.20. The predicted molar refractivity (Wildman–Crippen MR) is 58.9 cm³/mol. The standard InChI is InChI=1S/C11H12ClNO2/c12-8-2-1-3-9(13)10(8)11(14)15-6-7-4-5-7/h1-3,7H,4-6,13H2. The van der Waals surface area contributed by atoms with Crippen molar-refractivity contribution in [1.82, 2.24) is 0 Å². The topological polar surface area (TPSA) is 52.3 Å². The Hall–Kier alpha value is -1.22. The lowest BCUT2D eigenvalue weighted by Gasteiger charge is -2.07. The number of carbonyl (C=O) groups is 1. The average Bonchev–Trinajstić information content (AvgIpc) is 2.97. The lowest BCUT2D eigenvalue weighted by atomic mass is 10.2. The number of halogens is 1. The molecule has 0 radical (unpaired) electrons. The van der Waals surface area contributed by atoms with Crippen molar-refractivity contribution in [2.75, 3.05) is 12.3 Å². The summed E-state index contributed by atoms with van der Waals surface area (Å²) in [5.41, 5.74) is 6.30. The fraction of sp³-hybridized carbons (Fsp3) is 0.364. The van der Waals surface area contributed by atoms with E-state index in [2.05, 4.69) is 0 Å². The Morgan fingerprint density at radius 3 is 2.87 bits per heavy atom. The van der Waals surface area contributed by atoms with E-state index < -0.39 is 5.97 Å². The summed E-state index contributed by atoms with van der Waals surface area (Å²) in [7, 11) is 0. The molecule has 0 bridgehead atoms. The largest absolute Gasteiger partial charge is 0.462 e. The van der Waals surface area contributed by atoms with E-state index in [0.717, 1.165) is 12.8 Å². The lowest BCUT2D eigenvalue weighted by molar-refractivity contribution is 0.0487. The second-order valence-corrected chi connectivity index (χ2v) is 4.15. The van der Waals surface area contributed by atoms with Crippen molar-refractivity contribution in [2.24, 2.45) is 5.92 Å². The third-order valence-electron chi connectivity index (χ3n) is 2.40. The molecular formula is C11H12ClNO2. The summed E-state index contributed by atoms with van der Waals surface area (Å²) < 4.78 is 5.11. The molecule has 0 unspecified atom stereocenters. The third kappa shape index (κ3) is 2.42. The molecule has 0 atom stereocenters. The maximum atomic E-state index is 11.6. The molecular weight excluding hydrogens is 214 g/mol. The van der Waals surface area contributed by atoms with Crippen LogP contribution in [-0.2, 0) is 4.74 Å². The highest BCUT2D eigenvalue weighted by molar-refractivity contribution is 6.34. The van der Waals surface area contributed by atoms with Gasteiger partial charge < -0.3 is 10.5 Å². The quantitative estimate of drug-likeness (QED) is 0.635. The number of benzene rings is 1. The summed E-state index contributed by atoms with van der Waals surface area (Å²) in [5.74, 6) is 0.114. The molecule has 1 fully saturated rings. The maximum Gasteiger partial charge on any atom is 0.341 e. The van der Waals surface area contributed by atoms with Crippen molar-refractivity contribution in [3.8, 4) is 0 Å². The third-order valence-corrected chi connectivity index (χ3v) is 2.71. The van der Waals surface area contributed by atoms with Crippen LogP contribution >= 0.6 is 11.6 Å². The maximum absolute atomic E-state index is 11.6. The van der Waals surface area contributed by atoms with E-state index >= 15 is 0 Å². The van der Waals surface area contributed by atoms with Gasteiger partial charge in [-0.25, -0.2) is 4.79 Å². The summed E-state index contributed by atoms with van der Waals surface area (Å²) in [5, 5.41) is 0.343. The van der Waals surface area contributed by atoms with E-state index in [9.17, 15) is 4.79 Å². The molecule has 0 saturated heterocycles. The van der Waals surface area contributed by atoms with Crippen molar-refractivity contribution in [2.45, 2.75) is 12.8 Å². The van der Waals surface area contributed by atoms with E-state index in [4.69, 9.17) is 22.1 Å². The molecule has 0 aromatic heterocycles. The summed E-state index contributed by atoms with van der Waals surface area (Å²) in [4.78, 5) is 11.6. The van der Waals surface area contributed by atoms with Gasteiger partial charge in [0.15, 0.2) is 0 Å². The summed E-state index contributed by atoms with van der Waals surface area (Å²) in [6.45, 7) is 0.476. The molecule has 2 N–H and O–H groups in total. The van der Waals surface area contributed by atoms with Crippen molar-refractivity contribution in [1.29, 1.82) is 0 Å². The van der Waals surface area contributed by atoms with Crippen LogP contribution in [0.15, 0.2) is 18.2 Å². The van der Waals surface area contributed by atoms with Crippen LogP contribution in [0.2, 0.25) is 5.02 Å². The molecule has 1 aliphatic rings. The van der Waals surface area contributed by atoms with Gasteiger partial charge in [-0.15, -0.1) is 0 Å². The first-order chi connectivity index (χ1) is 7.18. The van der Waals surface area contributed by atoms with Crippen LogP contribution in [-0.4, -0.2) is 12.6 Å². The van der Waals surface area contributed by atoms with Crippen molar-refractivity contribution < 1.29 is 9.53 Å². The van der Waals surface area contributed by atoms with Crippen LogP contribution in [0, 0.1) is 5.92 Å². The van der Waals surface area contributed by atoms with E-state index in [1.165, 1.54) is 0 Å². The normalized spacial score (nSPS) is 15.0. The first-order valence-corrected chi connectivity index (χ1v) is 5.27. The molecule has 3 nitrogen and oxygen atoms in total. The van der Waals surface area contributed by atoms with Crippen LogP contribution < -0.4 is 5.73 Å². The Balaban J connectivity index is 2.09. The van der Waals surface area contributed by atoms with Crippen molar-refractivity contribution in [3.63, 3.8) is 0 Å². The molecule has 0 aliphatic heterocycles. The number of nitrogen functional groups attached to an aromatic ring is 1. The molecule has 1 saturated carbocycles. The molecule has 2 rings (SSSR count). The fourth-order valence-electron chi connectivity index (χ4n) is 1.31. The summed E-state index contributed by atoms with van der Waals surface area (Å²) in [6.07, 6.45) is 2.29. The van der Waals surface area contributed by atoms with Gasteiger partial charge in [0, 0.05) is 5.69 Å².